The van der Waals surface area contributed by atoms with E-state index in [4.69, 9.17) is 0 Å². The Morgan fingerprint density at radius 2 is 1.87 bits per heavy atom. The summed E-state index contributed by atoms with van der Waals surface area (Å²) in [5.74, 6) is 0.154. The number of fused-ring (bicyclic) bond motifs is 1. The van der Waals surface area contributed by atoms with Gasteiger partial charge in [-0.2, -0.15) is 13.2 Å². The lowest BCUT2D eigenvalue weighted by molar-refractivity contribution is -0.148. The van der Waals surface area contributed by atoms with Gasteiger partial charge in [-0.15, -0.1) is 10.2 Å². The predicted molar refractivity (Wildman–Crippen MR) is 146 cm³/mol. The molecule has 0 radical (unpaired) electrons. The molecule has 4 rings (SSSR count). The van der Waals surface area contributed by atoms with E-state index in [0.29, 0.717) is 32.0 Å². The van der Waals surface area contributed by atoms with Crippen LogP contribution in [0.15, 0.2) is 29.1 Å². The van der Waals surface area contributed by atoms with E-state index in [1.54, 1.807) is 11.6 Å². The first-order valence-electron chi connectivity index (χ1n) is 13.2. The summed E-state index contributed by atoms with van der Waals surface area (Å²) >= 11 is 0. The van der Waals surface area contributed by atoms with E-state index >= 15 is 0 Å². The number of halogens is 3. The minimum absolute atomic E-state index is 0.0642. The molecule has 1 N–H and O–H groups in total. The van der Waals surface area contributed by atoms with Crippen LogP contribution in [0.1, 0.15) is 74.7 Å². The monoisotopic (exact) mass is 545 g/mol. The van der Waals surface area contributed by atoms with Gasteiger partial charge in [0.1, 0.15) is 11.6 Å². The Morgan fingerprint density at radius 3 is 2.51 bits per heavy atom. The zero-order valence-electron chi connectivity index (χ0n) is 23.7. The number of hydrogen-bond acceptors (Lipinski definition) is 5. The molecular formula is C28H38F3N7O. The minimum atomic E-state index is -4.51. The van der Waals surface area contributed by atoms with Gasteiger partial charge in [0.05, 0.1) is 18.3 Å². The van der Waals surface area contributed by atoms with E-state index in [1.165, 1.54) is 4.57 Å². The lowest BCUT2D eigenvalue weighted by Crippen LogP contribution is -2.35. The Morgan fingerprint density at radius 1 is 1.15 bits per heavy atom. The van der Waals surface area contributed by atoms with Crippen LogP contribution in [-0.2, 0) is 39.4 Å². The zero-order valence-corrected chi connectivity index (χ0v) is 23.7. The molecule has 1 unspecified atom stereocenters. The van der Waals surface area contributed by atoms with Crippen LogP contribution in [0.25, 0.3) is 6.08 Å². The number of benzene rings is 1. The quantitative estimate of drug-likeness (QED) is 0.432. The number of nitrogens with one attached hydrogen (secondary N) is 1. The van der Waals surface area contributed by atoms with Crippen molar-refractivity contribution in [2.75, 3.05) is 11.9 Å². The highest BCUT2D eigenvalue weighted by atomic mass is 19.4. The predicted octanol–water partition coefficient (Wildman–Crippen LogP) is 5.37. The number of anilines is 1. The summed E-state index contributed by atoms with van der Waals surface area (Å²) in [6.45, 7) is 14.5. The van der Waals surface area contributed by atoms with Crippen molar-refractivity contribution in [2.24, 2.45) is 12.5 Å². The van der Waals surface area contributed by atoms with Crippen LogP contribution in [0.2, 0.25) is 0 Å². The van der Waals surface area contributed by atoms with Gasteiger partial charge in [-0.1, -0.05) is 45.0 Å². The second-order valence-corrected chi connectivity index (χ2v) is 11.6. The maximum absolute atomic E-state index is 13.2. The minimum Gasteiger partial charge on any atom is -0.363 e. The normalized spacial score (nSPS) is 15.6. The first-order valence-corrected chi connectivity index (χ1v) is 13.2. The molecule has 0 aliphatic carbocycles. The van der Waals surface area contributed by atoms with E-state index in [1.807, 2.05) is 29.7 Å². The molecule has 0 spiro atoms. The van der Waals surface area contributed by atoms with E-state index < -0.39 is 12.0 Å². The number of nitrogens with zero attached hydrogens (tertiary/aromatic N) is 6. The molecule has 0 amide bonds. The number of allylic oxidation sites excluding steroid dienone is 1. The molecule has 1 atom stereocenters. The van der Waals surface area contributed by atoms with Gasteiger partial charge in [0.25, 0.3) is 0 Å². The fourth-order valence-corrected chi connectivity index (χ4v) is 5.15. The molecule has 1 aromatic carbocycles. The van der Waals surface area contributed by atoms with Crippen LogP contribution in [0, 0.1) is 12.3 Å². The SMILES string of the molecule is C/C=C\c1c(NC(C)c2cc(CN3CCn4c(nnc4C(F)(F)F)C3)ccc2C)n(C)c(=O)n1CC(C)(C)C. The highest BCUT2D eigenvalue weighted by Gasteiger charge is 2.39. The van der Waals surface area contributed by atoms with Crippen molar-refractivity contribution in [2.45, 2.75) is 79.9 Å². The lowest BCUT2D eigenvalue weighted by Gasteiger charge is -2.28. The van der Waals surface area contributed by atoms with Gasteiger partial charge < -0.3 is 9.88 Å². The Bertz CT molecular complexity index is 1420. The summed E-state index contributed by atoms with van der Waals surface area (Å²) in [6.07, 6.45) is -0.607. The molecule has 11 heteroatoms. The van der Waals surface area contributed by atoms with E-state index in [9.17, 15) is 18.0 Å². The number of alkyl halides is 3. The number of aromatic nitrogens is 5. The number of hydrogen-bond donors (Lipinski definition) is 1. The van der Waals surface area contributed by atoms with Crippen LogP contribution >= 0.6 is 0 Å². The molecule has 212 valence electrons. The van der Waals surface area contributed by atoms with Crippen LogP contribution in [0.5, 0.6) is 0 Å². The van der Waals surface area contributed by atoms with Gasteiger partial charge in [0.2, 0.25) is 5.82 Å². The molecular weight excluding hydrogens is 507 g/mol. The Labute approximate surface area is 227 Å². The lowest BCUT2D eigenvalue weighted by atomic mass is 9.97. The summed E-state index contributed by atoms with van der Waals surface area (Å²) in [4.78, 5) is 15.2. The Kier molecular flexibility index (Phi) is 7.84. The molecule has 0 saturated carbocycles. The first kappa shape index (κ1) is 28.7. The number of rotatable bonds is 7. The molecule has 39 heavy (non-hydrogen) atoms. The van der Waals surface area contributed by atoms with Crippen molar-refractivity contribution in [3.05, 3.63) is 68.8 Å². The summed E-state index contributed by atoms with van der Waals surface area (Å²) in [5.41, 5.74) is 3.97. The van der Waals surface area contributed by atoms with Gasteiger partial charge >= 0.3 is 11.9 Å². The topological polar surface area (TPSA) is 72.9 Å². The van der Waals surface area contributed by atoms with Crippen molar-refractivity contribution in [3.8, 4) is 0 Å². The number of imidazole rings is 1. The maximum Gasteiger partial charge on any atom is 0.451 e. The average Bonchev–Trinajstić information content (AvgIpc) is 3.36. The summed E-state index contributed by atoms with van der Waals surface area (Å²) < 4.78 is 44.2. The van der Waals surface area contributed by atoms with Crippen LogP contribution in [0.3, 0.4) is 0 Å². The standard InChI is InChI=1S/C28H38F3N7O/c1-8-9-22-24(35(7)26(39)38(22)17-27(4,5)6)32-19(3)21-14-20(11-10-18(21)2)15-36-12-13-37-23(16-36)33-34-25(37)28(29,30)31/h8-11,14,19,32H,12-13,15-17H2,1-7H3/b9-8-. The van der Waals surface area contributed by atoms with Crippen molar-refractivity contribution >= 4 is 11.9 Å². The fraction of sp³-hybridized carbons (Fsp3) is 0.536. The molecule has 0 fully saturated rings. The van der Waals surface area contributed by atoms with Crippen molar-refractivity contribution in [1.82, 2.24) is 28.8 Å². The van der Waals surface area contributed by atoms with Gasteiger partial charge in [-0.05, 0) is 49.0 Å². The van der Waals surface area contributed by atoms with E-state index in [-0.39, 0.29) is 23.7 Å². The molecule has 1 aliphatic heterocycles. The summed E-state index contributed by atoms with van der Waals surface area (Å²) in [7, 11) is 1.78. The third kappa shape index (κ3) is 6.13. The average molecular weight is 546 g/mol. The van der Waals surface area contributed by atoms with Gasteiger partial charge in [-0.3, -0.25) is 14.0 Å². The third-order valence-electron chi connectivity index (χ3n) is 7.00. The largest absolute Gasteiger partial charge is 0.451 e. The third-order valence-corrected chi connectivity index (χ3v) is 7.00. The molecule has 3 heterocycles. The van der Waals surface area contributed by atoms with Crippen molar-refractivity contribution in [1.29, 1.82) is 0 Å². The molecule has 2 aromatic heterocycles. The Balaban J connectivity index is 1.55. The number of aryl methyl sites for hydroxylation is 1. The van der Waals surface area contributed by atoms with Gasteiger partial charge in [-0.25, -0.2) is 4.79 Å². The Hall–Kier alpha value is -3.34. The second kappa shape index (κ2) is 10.7. The van der Waals surface area contributed by atoms with E-state index in [0.717, 1.165) is 28.2 Å². The smallest absolute Gasteiger partial charge is 0.363 e. The fourth-order valence-electron chi connectivity index (χ4n) is 5.15. The highest BCUT2D eigenvalue weighted by molar-refractivity contribution is 5.61. The molecule has 8 nitrogen and oxygen atoms in total. The first-order chi connectivity index (χ1) is 18.2. The summed E-state index contributed by atoms with van der Waals surface area (Å²) in [6, 6.07) is 6.15. The maximum atomic E-state index is 13.2. The molecule has 0 bridgehead atoms. The zero-order chi connectivity index (χ0) is 28.7. The highest BCUT2D eigenvalue weighted by Crippen LogP contribution is 2.31. The van der Waals surface area contributed by atoms with Gasteiger partial charge in [0, 0.05) is 33.2 Å². The molecule has 0 saturated heterocycles. The second-order valence-electron chi connectivity index (χ2n) is 11.6. The van der Waals surface area contributed by atoms with E-state index in [2.05, 4.69) is 67.2 Å². The van der Waals surface area contributed by atoms with Gasteiger partial charge in [0.15, 0.2) is 0 Å². The molecule has 1 aliphatic rings. The van der Waals surface area contributed by atoms with Crippen molar-refractivity contribution < 1.29 is 13.2 Å². The molecule has 3 aromatic rings. The van der Waals surface area contributed by atoms with Crippen molar-refractivity contribution in [3.63, 3.8) is 0 Å². The van der Waals surface area contributed by atoms with Crippen LogP contribution in [-0.4, -0.2) is 35.3 Å². The summed E-state index contributed by atoms with van der Waals surface area (Å²) in [5, 5.41) is 10.7. The van der Waals surface area contributed by atoms with Crippen LogP contribution in [0.4, 0.5) is 19.0 Å². The van der Waals surface area contributed by atoms with Crippen LogP contribution < -0.4 is 11.0 Å².